The zero-order chi connectivity index (χ0) is 20.1. The molecule has 1 aromatic carbocycles. The van der Waals surface area contributed by atoms with E-state index in [9.17, 15) is 14.9 Å². The summed E-state index contributed by atoms with van der Waals surface area (Å²) in [7, 11) is 3.16. The third-order valence-electron chi connectivity index (χ3n) is 4.12. The second kappa shape index (κ2) is 8.30. The predicted octanol–water partition coefficient (Wildman–Crippen LogP) is 2.37. The highest BCUT2D eigenvalue weighted by molar-refractivity contribution is 5.92. The van der Waals surface area contributed by atoms with Gasteiger partial charge in [-0.1, -0.05) is 6.07 Å². The van der Waals surface area contributed by atoms with Crippen molar-refractivity contribution in [2.75, 3.05) is 13.7 Å². The number of rotatable bonds is 7. The second-order valence-electron chi connectivity index (χ2n) is 6.05. The Morgan fingerprint density at radius 3 is 2.75 bits per heavy atom. The van der Waals surface area contributed by atoms with Crippen molar-refractivity contribution in [3.05, 3.63) is 70.2 Å². The van der Waals surface area contributed by atoms with Crippen molar-refractivity contribution in [3.8, 4) is 17.0 Å². The monoisotopic (exact) mass is 381 g/mol. The normalized spacial score (nSPS) is 10.5. The molecular weight excluding hydrogens is 362 g/mol. The van der Waals surface area contributed by atoms with E-state index in [-0.39, 0.29) is 17.3 Å². The molecule has 1 N–H and O–H groups in total. The summed E-state index contributed by atoms with van der Waals surface area (Å²) in [6.07, 6.45) is 3.70. The van der Waals surface area contributed by atoms with Gasteiger partial charge in [0.2, 0.25) is 5.75 Å². The number of nitro benzene ring substituents is 1. The Morgan fingerprint density at radius 1 is 1.32 bits per heavy atom. The molecule has 2 aromatic heterocycles. The van der Waals surface area contributed by atoms with Gasteiger partial charge < -0.3 is 10.1 Å². The molecule has 0 aliphatic carbocycles. The first-order valence-electron chi connectivity index (χ1n) is 8.54. The molecule has 9 nitrogen and oxygen atoms in total. The minimum absolute atomic E-state index is 0.142. The van der Waals surface area contributed by atoms with E-state index in [1.165, 1.54) is 13.2 Å². The van der Waals surface area contributed by atoms with Crippen LogP contribution >= 0.6 is 0 Å². The number of hydrogen-bond acceptors (Lipinski definition) is 6. The number of carbonyl (C=O) groups is 1. The molecule has 0 bridgehead atoms. The number of nitrogens with one attached hydrogen (secondary N) is 1. The topological polar surface area (TPSA) is 112 Å². The smallest absolute Gasteiger partial charge is 0.311 e. The molecule has 0 atom stereocenters. The Bertz CT molecular complexity index is 1000. The van der Waals surface area contributed by atoms with Gasteiger partial charge in [0.1, 0.15) is 5.69 Å². The summed E-state index contributed by atoms with van der Waals surface area (Å²) in [6.45, 7) is 0.306. The van der Waals surface area contributed by atoms with Crippen molar-refractivity contribution in [1.82, 2.24) is 20.1 Å². The number of pyridine rings is 1. The number of ether oxygens (including phenoxy) is 1. The third kappa shape index (κ3) is 4.14. The summed E-state index contributed by atoms with van der Waals surface area (Å²) in [5.74, 6) is -0.140. The van der Waals surface area contributed by atoms with Crippen molar-refractivity contribution in [2.45, 2.75) is 6.42 Å². The highest BCUT2D eigenvalue weighted by Crippen LogP contribution is 2.38. The highest BCUT2D eigenvalue weighted by Gasteiger charge is 2.22. The van der Waals surface area contributed by atoms with Crippen LogP contribution < -0.4 is 10.1 Å². The lowest BCUT2D eigenvalue weighted by molar-refractivity contribution is -0.385. The van der Waals surface area contributed by atoms with E-state index in [1.54, 1.807) is 54.5 Å². The lowest BCUT2D eigenvalue weighted by atomic mass is 10.0. The summed E-state index contributed by atoms with van der Waals surface area (Å²) in [4.78, 5) is 27.1. The number of methoxy groups -OCH3 is 1. The van der Waals surface area contributed by atoms with Gasteiger partial charge in [0.15, 0.2) is 0 Å². The molecule has 0 spiro atoms. The molecule has 0 aliphatic rings. The minimum Gasteiger partial charge on any atom is -0.490 e. The van der Waals surface area contributed by atoms with Crippen LogP contribution in [0.15, 0.2) is 48.8 Å². The molecule has 144 valence electrons. The van der Waals surface area contributed by atoms with Crippen LogP contribution in [0.25, 0.3) is 11.3 Å². The van der Waals surface area contributed by atoms with E-state index in [4.69, 9.17) is 4.74 Å². The van der Waals surface area contributed by atoms with Gasteiger partial charge >= 0.3 is 5.69 Å². The van der Waals surface area contributed by atoms with Crippen LogP contribution in [0.3, 0.4) is 0 Å². The average molecular weight is 381 g/mol. The zero-order valence-electron chi connectivity index (χ0n) is 15.5. The number of aryl methyl sites for hydroxylation is 1. The lowest BCUT2D eigenvalue weighted by Gasteiger charge is -2.11. The van der Waals surface area contributed by atoms with Gasteiger partial charge in [-0.2, -0.15) is 5.10 Å². The fraction of sp³-hybridized carbons (Fsp3) is 0.211. The van der Waals surface area contributed by atoms with Crippen LogP contribution in [0.1, 0.15) is 16.1 Å². The maximum absolute atomic E-state index is 12.1. The molecule has 3 aromatic rings. The molecule has 28 heavy (non-hydrogen) atoms. The Morgan fingerprint density at radius 2 is 2.14 bits per heavy atom. The van der Waals surface area contributed by atoms with Gasteiger partial charge in [-0.25, -0.2) is 0 Å². The molecule has 9 heteroatoms. The van der Waals surface area contributed by atoms with E-state index >= 15 is 0 Å². The molecule has 0 saturated carbocycles. The van der Waals surface area contributed by atoms with Crippen LogP contribution in [0.2, 0.25) is 0 Å². The average Bonchev–Trinajstić information content (AvgIpc) is 3.14. The summed E-state index contributed by atoms with van der Waals surface area (Å²) < 4.78 is 6.90. The Balaban J connectivity index is 1.83. The fourth-order valence-electron chi connectivity index (χ4n) is 2.82. The van der Waals surface area contributed by atoms with Crippen LogP contribution in [0, 0.1) is 10.1 Å². The Kier molecular flexibility index (Phi) is 5.64. The van der Waals surface area contributed by atoms with Gasteiger partial charge in [0, 0.05) is 32.1 Å². The summed E-state index contributed by atoms with van der Waals surface area (Å²) in [6, 6.07) is 10.1. The number of nitrogens with zero attached hydrogens (tertiary/aromatic N) is 4. The Labute approximate surface area is 161 Å². The maximum atomic E-state index is 12.1. The number of benzene rings is 1. The van der Waals surface area contributed by atoms with Crippen LogP contribution in [0.4, 0.5) is 5.69 Å². The van der Waals surface area contributed by atoms with Crippen LogP contribution in [-0.4, -0.2) is 39.2 Å². The first-order valence-corrected chi connectivity index (χ1v) is 8.54. The molecule has 0 saturated heterocycles. The molecule has 3 rings (SSSR count). The number of aromatic nitrogens is 3. The van der Waals surface area contributed by atoms with Gasteiger partial charge in [-0.3, -0.25) is 24.6 Å². The zero-order valence-corrected chi connectivity index (χ0v) is 15.5. The number of nitro groups is 1. The standard InChI is InChI=1S/C19H19N5O4/c1-23-10-7-15(22-23)14-11-13(12-17(24(26)27)18(14)28-2)6-9-21-19(25)16-5-3-4-8-20-16/h3-5,7-8,10-12H,6,9H2,1-2H3,(H,21,25). The molecular formula is C19H19N5O4. The third-order valence-corrected chi connectivity index (χ3v) is 4.12. The Hall–Kier alpha value is -3.75. The number of carbonyl (C=O) groups excluding carboxylic acids is 1. The molecule has 1 amide bonds. The van der Waals surface area contributed by atoms with Gasteiger partial charge in [0.05, 0.1) is 23.3 Å². The molecule has 0 fully saturated rings. The van der Waals surface area contributed by atoms with Gasteiger partial charge in [0.25, 0.3) is 5.91 Å². The quantitative estimate of drug-likeness (QED) is 0.497. The largest absolute Gasteiger partial charge is 0.490 e. The van der Waals surface area contributed by atoms with Gasteiger partial charge in [-0.15, -0.1) is 0 Å². The van der Waals surface area contributed by atoms with Crippen LogP contribution in [-0.2, 0) is 13.5 Å². The van der Waals surface area contributed by atoms with E-state index in [0.29, 0.717) is 35.5 Å². The molecule has 2 heterocycles. The van der Waals surface area contributed by atoms with Crippen LogP contribution in [0.5, 0.6) is 5.75 Å². The van der Waals surface area contributed by atoms with Crippen molar-refractivity contribution < 1.29 is 14.5 Å². The van der Waals surface area contributed by atoms with Crippen molar-refractivity contribution in [3.63, 3.8) is 0 Å². The van der Waals surface area contributed by atoms with Crippen molar-refractivity contribution >= 4 is 11.6 Å². The number of hydrogen-bond donors (Lipinski definition) is 1. The summed E-state index contributed by atoms with van der Waals surface area (Å²) in [5.41, 5.74) is 1.97. The summed E-state index contributed by atoms with van der Waals surface area (Å²) >= 11 is 0. The molecule has 0 radical (unpaired) electrons. The van der Waals surface area contributed by atoms with E-state index in [0.717, 1.165) is 0 Å². The first-order chi connectivity index (χ1) is 13.5. The maximum Gasteiger partial charge on any atom is 0.311 e. The van der Waals surface area contributed by atoms with E-state index < -0.39 is 4.92 Å². The molecule has 0 unspecified atom stereocenters. The first kappa shape index (κ1) is 19.0. The predicted molar refractivity (Wildman–Crippen MR) is 102 cm³/mol. The molecule has 0 aliphatic heterocycles. The fourth-order valence-corrected chi connectivity index (χ4v) is 2.82. The van der Waals surface area contributed by atoms with Gasteiger partial charge in [-0.05, 0) is 36.2 Å². The SMILES string of the molecule is COc1c(-c2ccn(C)n2)cc(CCNC(=O)c2ccccn2)cc1[N+](=O)[O-]. The van der Waals surface area contributed by atoms with Crippen molar-refractivity contribution in [2.24, 2.45) is 7.05 Å². The highest BCUT2D eigenvalue weighted by atomic mass is 16.6. The van der Waals surface area contributed by atoms with E-state index in [1.807, 2.05) is 0 Å². The van der Waals surface area contributed by atoms with E-state index in [2.05, 4.69) is 15.4 Å². The van der Waals surface area contributed by atoms with Crippen molar-refractivity contribution in [1.29, 1.82) is 0 Å². The number of amides is 1. The lowest BCUT2D eigenvalue weighted by Crippen LogP contribution is -2.26. The minimum atomic E-state index is -0.485. The summed E-state index contributed by atoms with van der Waals surface area (Å²) in [5, 5.41) is 18.6. The second-order valence-corrected chi connectivity index (χ2v) is 6.05.